The van der Waals surface area contributed by atoms with Crippen molar-refractivity contribution in [2.45, 2.75) is 30.4 Å². The van der Waals surface area contributed by atoms with Crippen molar-refractivity contribution in [3.05, 3.63) is 269 Å². The number of anilines is 3. The van der Waals surface area contributed by atoms with Crippen molar-refractivity contribution >= 4 is 51.4 Å². The number of hydrogen-bond acceptors (Lipinski definition) is 3. The molecule has 0 saturated carbocycles. The average molecular weight is 836 g/mol. The summed E-state index contributed by atoms with van der Waals surface area (Å²) in [5.41, 5.74) is 18.5. The van der Waals surface area contributed by atoms with Crippen LogP contribution in [0.25, 0.3) is 33.0 Å². The van der Waals surface area contributed by atoms with E-state index in [9.17, 15) is 0 Å². The molecule has 0 saturated heterocycles. The van der Waals surface area contributed by atoms with E-state index in [4.69, 9.17) is 0 Å². The first-order chi connectivity index (χ1) is 31.2. The molecular weight excluding hydrogens is 799 g/mol. The van der Waals surface area contributed by atoms with Gasteiger partial charge in [-0.15, -0.1) is 0 Å². The Morgan fingerprint density at radius 1 is 0.286 bits per heavy atom. The Morgan fingerprint density at radius 3 is 1.32 bits per heavy atom. The first kappa shape index (κ1) is 35.5. The smallest absolute Gasteiger partial charge is 0.0736 e. The van der Waals surface area contributed by atoms with Crippen molar-refractivity contribution in [3.63, 3.8) is 0 Å². The maximum Gasteiger partial charge on any atom is 0.0736 e. The van der Waals surface area contributed by atoms with Crippen LogP contribution in [-0.2, 0) is 10.8 Å². The van der Waals surface area contributed by atoms with Crippen LogP contribution in [0.1, 0.15) is 44.5 Å². The van der Waals surface area contributed by atoms with E-state index in [1.807, 2.05) is 23.5 Å². The molecule has 0 radical (unpaired) electrons. The molecule has 2 aliphatic carbocycles. The van der Waals surface area contributed by atoms with E-state index in [-0.39, 0.29) is 0 Å². The van der Waals surface area contributed by atoms with E-state index in [0.29, 0.717) is 0 Å². The minimum absolute atomic E-state index is 0.479. The normalized spacial score (nSPS) is 14.8. The summed E-state index contributed by atoms with van der Waals surface area (Å²) in [6, 6.07) is 84.7. The van der Waals surface area contributed by atoms with Gasteiger partial charge in [-0.05, 0) is 126 Å². The van der Waals surface area contributed by atoms with E-state index in [2.05, 4.69) is 229 Å². The van der Waals surface area contributed by atoms with Crippen molar-refractivity contribution < 1.29 is 0 Å². The number of nitrogens with zero attached hydrogens (tertiary/aromatic N) is 1. The van der Waals surface area contributed by atoms with Gasteiger partial charge in [0.2, 0.25) is 0 Å². The van der Waals surface area contributed by atoms with Gasteiger partial charge in [0.1, 0.15) is 0 Å². The molecule has 0 aromatic heterocycles. The molecule has 0 atom stereocenters. The summed E-state index contributed by atoms with van der Waals surface area (Å²) in [5, 5.41) is 2.45. The SMILES string of the molecule is c1ccc2c(c1)Sc1ccc(N(c3ccc4ccccc4c3)c3cccc4c3Sc3ccccc3C43c4ccccc4-c4ccccc43)cc1C21c2ccccc2-c2ccccc21. The van der Waals surface area contributed by atoms with Crippen LogP contribution in [0, 0.1) is 0 Å². The molecule has 2 aliphatic heterocycles. The van der Waals surface area contributed by atoms with Crippen LogP contribution < -0.4 is 4.90 Å². The van der Waals surface area contributed by atoms with E-state index in [1.165, 1.54) is 103 Å². The lowest BCUT2D eigenvalue weighted by atomic mass is 9.67. The fraction of sp³-hybridized carbons (Fsp3) is 0.0333. The monoisotopic (exact) mass is 835 g/mol. The second-order valence-corrected chi connectivity index (χ2v) is 19.2. The van der Waals surface area contributed by atoms with Crippen LogP contribution in [0.15, 0.2) is 244 Å². The fourth-order valence-electron chi connectivity index (χ4n) is 11.8. The zero-order valence-electron chi connectivity index (χ0n) is 34.1. The van der Waals surface area contributed by atoms with Gasteiger partial charge in [-0.2, -0.15) is 0 Å². The van der Waals surface area contributed by atoms with Crippen LogP contribution in [0.4, 0.5) is 17.1 Å². The van der Waals surface area contributed by atoms with Crippen molar-refractivity contribution in [3.8, 4) is 22.3 Å². The van der Waals surface area contributed by atoms with Gasteiger partial charge < -0.3 is 4.90 Å². The van der Waals surface area contributed by atoms with Gasteiger partial charge in [0, 0.05) is 31.0 Å². The van der Waals surface area contributed by atoms with Crippen molar-refractivity contribution in [2.75, 3.05) is 4.90 Å². The van der Waals surface area contributed by atoms with Crippen molar-refractivity contribution in [2.24, 2.45) is 0 Å². The Morgan fingerprint density at radius 2 is 0.714 bits per heavy atom. The molecule has 63 heavy (non-hydrogen) atoms. The fourth-order valence-corrected chi connectivity index (χ4v) is 14.2. The number of benzene rings is 10. The predicted octanol–water partition coefficient (Wildman–Crippen LogP) is 16.0. The highest BCUT2D eigenvalue weighted by atomic mass is 32.2. The Balaban J connectivity index is 1.07. The van der Waals surface area contributed by atoms with Crippen LogP contribution >= 0.6 is 23.5 Å². The van der Waals surface area contributed by atoms with Gasteiger partial charge in [-0.3, -0.25) is 0 Å². The molecule has 3 heteroatoms. The maximum atomic E-state index is 2.55. The molecule has 0 amide bonds. The second kappa shape index (κ2) is 13.2. The topological polar surface area (TPSA) is 3.24 Å². The Hall–Kier alpha value is -7.04. The molecule has 10 aromatic rings. The summed E-state index contributed by atoms with van der Waals surface area (Å²) < 4.78 is 0. The predicted molar refractivity (Wildman–Crippen MR) is 261 cm³/mol. The molecular formula is C60H37NS2. The van der Waals surface area contributed by atoms with Crippen LogP contribution in [0.2, 0.25) is 0 Å². The number of hydrogen-bond donors (Lipinski definition) is 0. The van der Waals surface area contributed by atoms with Crippen LogP contribution in [0.5, 0.6) is 0 Å². The van der Waals surface area contributed by atoms with Gasteiger partial charge in [0.15, 0.2) is 0 Å². The van der Waals surface area contributed by atoms with Gasteiger partial charge in [0.25, 0.3) is 0 Å². The van der Waals surface area contributed by atoms with E-state index >= 15 is 0 Å². The van der Waals surface area contributed by atoms with Crippen molar-refractivity contribution in [1.82, 2.24) is 0 Å². The first-order valence-corrected chi connectivity index (χ1v) is 23.4. The standard InChI is InChI=1S/C60H37NS2/c1-2-17-39-36-40(33-32-38(39)16-1)61(41-34-35-57-53(37-41)60(50-26-11-13-30-55(50)62-57)48-24-9-5-20-44(48)45-21-6-10-25-49(45)60)54-29-15-28-52-58(54)63-56-31-14-12-27-51(56)59(52)46-22-7-3-18-42(46)43-19-4-8-23-47(43)59/h1-37H. The summed E-state index contributed by atoms with van der Waals surface area (Å²) >= 11 is 3.81. The van der Waals surface area contributed by atoms with Gasteiger partial charge in [-0.25, -0.2) is 0 Å². The molecule has 2 heterocycles. The van der Waals surface area contributed by atoms with Gasteiger partial charge >= 0.3 is 0 Å². The molecule has 4 aliphatic rings. The van der Waals surface area contributed by atoms with Gasteiger partial charge in [-0.1, -0.05) is 199 Å². The molecule has 2 spiro atoms. The van der Waals surface area contributed by atoms with Crippen molar-refractivity contribution in [1.29, 1.82) is 0 Å². The molecule has 1 nitrogen and oxygen atoms in total. The molecule has 294 valence electrons. The van der Waals surface area contributed by atoms with Gasteiger partial charge in [0.05, 0.1) is 16.5 Å². The Labute approximate surface area is 375 Å². The zero-order chi connectivity index (χ0) is 41.3. The quantitative estimate of drug-likeness (QED) is 0.175. The van der Waals surface area contributed by atoms with E-state index in [0.717, 1.165) is 11.4 Å². The Kier molecular flexibility index (Phi) is 7.47. The highest BCUT2D eigenvalue weighted by Crippen LogP contribution is 2.65. The zero-order valence-corrected chi connectivity index (χ0v) is 35.8. The highest BCUT2D eigenvalue weighted by molar-refractivity contribution is 8.00. The third kappa shape index (κ3) is 4.66. The number of fused-ring (bicyclic) bond motifs is 19. The van der Waals surface area contributed by atoms with Crippen LogP contribution in [-0.4, -0.2) is 0 Å². The summed E-state index contributed by atoms with van der Waals surface area (Å²) in [6.45, 7) is 0. The molecule has 0 fully saturated rings. The Bertz CT molecular complexity index is 3470. The molecule has 10 aromatic carbocycles. The highest BCUT2D eigenvalue weighted by Gasteiger charge is 2.52. The average Bonchev–Trinajstić information content (AvgIpc) is 3.81. The summed E-state index contributed by atoms with van der Waals surface area (Å²) in [7, 11) is 0. The summed E-state index contributed by atoms with van der Waals surface area (Å²) in [4.78, 5) is 7.72. The minimum Gasteiger partial charge on any atom is -0.309 e. The van der Waals surface area contributed by atoms with Crippen LogP contribution in [0.3, 0.4) is 0 Å². The maximum absolute atomic E-state index is 2.55. The lowest BCUT2D eigenvalue weighted by molar-refractivity contribution is 0.720. The molecule has 14 rings (SSSR count). The lowest BCUT2D eigenvalue weighted by Crippen LogP contribution is -2.33. The minimum atomic E-state index is -0.486. The largest absolute Gasteiger partial charge is 0.309 e. The van der Waals surface area contributed by atoms with E-state index in [1.54, 1.807) is 0 Å². The lowest BCUT2D eigenvalue weighted by Gasteiger charge is -2.42. The molecule has 0 N–H and O–H groups in total. The molecule has 0 bridgehead atoms. The third-order valence-corrected chi connectivity index (χ3v) is 16.5. The summed E-state index contributed by atoms with van der Waals surface area (Å²) in [5.74, 6) is 0. The summed E-state index contributed by atoms with van der Waals surface area (Å²) in [6.07, 6.45) is 0. The molecule has 0 unspecified atom stereocenters. The second-order valence-electron chi connectivity index (χ2n) is 17.1. The number of rotatable bonds is 3. The third-order valence-electron chi connectivity index (χ3n) is 14.2. The van der Waals surface area contributed by atoms with E-state index < -0.39 is 10.8 Å². The first-order valence-electron chi connectivity index (χ1n) is 21.7.